The topological polar surface area (TPSA) is 29.0 Å². The highest BCUT2D eigenvalue weighted by atomic mass is 19.1. The Balaban J connectivity index is 1.59. The Labute approximate surface area is 142 Å². The molecule has 4 heteroatoms. The lowest BCUT2D eigenvalue weighted by atomic mass is 9.99. The average molecular weight is 323 g/mol. The van der Waals surface area contributed by atoms with Crippen LogP contribution in [0.2, 0.25) is 0 Å². The van der Waals surface area contributed by atoms with E-state index in [-0.39, 0.29) is 5.82 Å². The molecular weight excluding hydrogens is 301 g/mol. The molecule has 2 aromatic rings. The normalized spacial score (nSPS) is 17.5. The number of halogens is 1. The summed E-state index contributed by atoms with van der Waals surface area (Å²) in [5.41, 5.74) is 6.05. The molecule has 1 aromatic heterocycles. The summed E-state index contributed by atoms with van der Waals surface area (Å²) in [6, 6.07) is 9.12. The van der Waals surface area contributed by atoms with Gasteiger partial charge in [-0.25, -0.2) is 4.39 Å². The van der Waals surface area contributed by atoms with E-state index in [4.69, 9.17) is 0 Å². The van der Waals surface area contributed by atoms with E-state index in [0.29, 0.717) is 0 Å². The van der Waals surface area contributed by atoms with Gasteiger partial charge in [0.2, 0.25) is 0 Å². The molecule has 24 heavy (non-hydrogen) atoms. The third-order valence-electron chi connectivity index (χ3n) is 5.14. The number of allylic oxidation sites excluding steroid dienone is 1. The molecule has 4 rings (SSSR count). The van der Waals surface area contributed by atoms with Gasteiger partial charge in [0.1, 0.15) is 5.82 Å². The highest BCUT2D eigenvalue weighted by Gasteiger charge is 2.23. The first-order valence-corrected chi connectivity index (χ1v) is 8.78. The summed E-state index contributed by atoms with van der Waals surface area (Å²) in [5, 5.41) is 8.23. The molecule has 0 saturated carbocycles. The number of aromatic nitrogens is 2. The van der Waals surface area contributed by atoms with Gasteiger partial charge in [-0.15, -0.1) is 0 Å². The van der Waals surface area contributed by atoms with Gasteiger partial charge in [-0.1, -0.05) is 11.6 Å². The SMILES string of the molecule is Fc1ccc2c(c1)CC(CCN1CCCC1)=C2Cc1cccnn1. The molecule has 0 bridgehead atoms. The third-order valence-corrected chi connectivity index (χ3v) is 5.14. The summed E-state index contributed by atoms with van der Waals surface area (Å²) in [5.74, 6) is -0.145. The van der Waals surface area contributed by atoms with E-state index in [1.807, 2.05) is 18.2 Å². The van der Waals surface area contributed by atoms with Crippen LogP contribution in [0.1, 0.15) is 36.1 Å². The van der Waals surface area contributed by atoms with Gasteiger partial charge in [0.25, 0.3) is 0 Å². The summed E-state index contributed by atoms with van der Waals surface area (Å²) in [7, 11) is 0. The third kappa shape index (κ3) is 3.24. The van der Waals surface area contributed by atoms with Gasteiger partial charge in [-0.05, 0) is 79.7 Å². The van der Waals surface area contributed by atoms with E-state index < -0.39 is 0 Å². The number of fused-ring (bicyclic) bond motifs is 1. The van der Waals surface area contributed by atoms with Crippen LogP contribution < -0.4 is 0 Å². The zero-order valence-corrected chi connectivity index (χ0v) is 13.8. The molecule has 1 aliphatic carbocycles. The largest absolute Gasteiger partial charge is 0.303 e. The van der Waals surface area contributed by atoms with Crippen LogP contribution in [0.4, 0.5) is 4.39 Å². The molecule has 0 N–H and O–H groups in total. The molecule has 0 amide bonds. The van der Waals surface area contributed by atoms with Crippen LogP contribution in [0.25, 0.3) is 5.57 Å². The monoisotopic (exact) mass is 323 g/mol. The molecule has 1 fully saturated rings. The summed E-state index contributed by atoms with van der Waals surface area (Å²) in [6.45, 7) is 3.54. The fourth-order valence-corrected chi connectivity index (χ4v) is 3.90. The zero-order valence-electron chi connectivity index (χ0n) is 13.8. The molecule has 3 nitrogen and oxygen atoms in total. The van der Waals surface area contributed by atoms with Crippen molar-refractivity contribution in [3.63, 3.8) is 0 Å². The van der Waals surface area contributed by atoms with Crippen molar-refractivity contribution < 1.29 is 4.39 Å². The smallest absolute Gasteiger partial charge is 0.123 e. The second kappa shape index (κ2) is 6.81. The van der Waals surface area contributed by atoms with Crippen molar-refractivity contribution in [2.45, 2.75) is 32.1 Å². The first-order valence-electron chi connectivity index (χ1n) is 8.78. The minimum Gasteiger partial charge on any atom is -0.303 e. The fraction of sp³-hybridized carbons (Fsp3) is 0.400. The molecule has 0 spiro atoms. The number of benzene rings is 1. The minimum atomic E-state index is -0.145. The van der Waals surface area contributed by atoms with Crippen molar-refractivity contribution in [2.24, 2.45) is 0 Å². The summed E-state index contributed by atoms with van der Waals surface area (Å²) in [4.78, 5) is 2.54. The van der Waals surface area contributed by atoms with Crippen LogP contribution in [-0.2, 0) is 12.8 Å². The van der Waals surface area contributed by atoms with Gasteiger partial charge in [-0.2, -0.15) is 10.2 Å². The Bertz CT molecular complexity index is 749. The van der Waals surface area contributed by atoms with E-state index in [9.17, 15) is 4.39 Å². The van der Waals surface area contributed by atoms with Crippen molar-refractivity contribution in [2.75, 3.05) is 19.6 Å². The molecule has 1 aliphatic heterocycles. The lowest BCUT2D eigenvalue weighted by Gasteiger charge is -2.16. The van der Waals surface area contributed by atoms with Crippen molar-refractivity contribution in [1.29, 1.82) is 0 Å². The molecular formula is C20H22FN3. The van der Waals surface area contributed by atoms with Crippen LogP contribution in [0.3, 0.4) is 0 Å². The second-order valence-corrected chi connectivity index (χ2v) is 6.75. The van der Waals surface area contributed by atoms with Gasteiger partial charge in [0, 0.05) is 19.2 Å². The maximum absolute atomic E-state index is 13.6. The highest BCUT2D eigenvalue weighted by molar-refractivity contribution is 5.77. The second-order valence-electron chi connectivity index (χ2n) is 6.75. The lowest BCUT2D eigenvalue weighted by Crippen LogP contribution is -2.20. The molecule has 0 radical (unpaired) electrons. The Morgan fingerprint density at radius 1 is 1.12 bits per heavy atom. The summed E-state index contributed by atoms with van der Waals surface area (Å²) in [6.07, 6.45) is 7.04. The van der Waals surface area contributed by atoms with Crippen molar-refractivity contribution in [3.05, 3.63) is 64.7 Å². The predicted octanol–water partition coefficient (Wildman–Crippen LogP) is 3.65. The van der Waals surface area contributed by atoms with E-state index in [1.54, 1.807) is 18.3 Å². The van der Waals surface area contributed by atoms with E-state index in [0.717, 1.165) is 37.1 Å². The Morgan fingerprint density at radius 2 is 2.00 bits per heavy atom. The number of hydrogen-bond donors (Lipinski definition) is 0. The highest BCUT2D eigenvalue weighted by Crippen LogP contribution is 2.37. The number of nitrogens with zero attached hydrogens (tertiary/aromatic N) is 3. The van der Waals surface area contributed by atoms with E-state index in [1.165, 1.54) is 42.6 Å². The van der Waals surface area contributed by atoms with Gasteiger partial charge < -0.3 is 4.90 Å². The van der Waals surface area contributed by atoms with Crippen LogP contribution in [-0.4, -0.2) is 34.7 Å². The van der Waals surface area contributed by atoms with Crippen LogP contribution in [0.15, 0.2) is 42.1 Å². The Kier molecular flexibility index (Phi) is 4.39. The molecule has 0 atom stereocenters. The molecule has 2 aliphatic rings. The molecule has 124 valence electrons. The number of hydrogen-bond acceptors (Lipinski definition) is 3. The van der Waals surface area contributed by atoms with Crippen LogP contribution in [0.5, 0.6) is 0 Å². The molecule has 0 unspecified atom stereocenters. The van der Waals surface area contributed by atoms with E-state index in [2.05, 4.69) is 15.1 Å². The summed E-state index contributed by atoms with van der Waals surface area (Å²) >= 11 is 0. The van der Waals surface area contributed by atoms with Crippen LogP contribution in [0, 0.1) is 5.82 Å². The average Bonchev–Trinajstić information content (AvgIpc) is 3.22. The van der Waals surface area contributed by atoms with Gasteiger partial charge >= 0.3 is 0 Å². The van der Waals surface area contributed by atoms with Crippen LogP contribution >= 0.6 is 0 Å². The zero-order chi connectivity index (χ0) is 16.4. The van der Waals surface area contributed by atoms with Crippen molar-refractivity contribution >= 4 is 5.57 Å². The van der Waals surface area contributed by atoms with Crippen molar-refractivity contribution in [1.82, 2.24) is 15.1 Å². The van der Waals surface area contributed by atoms with Gasteiger partial charge in [-0.3, -0.25) is 0 Å². The first kappa shape index (κ1) is 15.5. The van der Waals surface area contributed by atoms with E-state index >= 15 is 0 Å². The predicted molar refractivity (Wildman–Crippen MR) is 93.1 cm³/mol. The maximum Gasteiger partial charge on any atom is 0.123 e. The maximum atomic E-state index is 13.6. The Morgan fingerprint density at radius 3 is 2.79 bits per heavy atom. The number of likely N-dealkylation sites (tertiary alicyclic amines) is 1. The molecule has 2 heterocycles. The molecule has 1 aromatic carbocycles. The molecule has 1 saturated heterocycles. The van der Waals surface area contributed by atoms with Crippen molar-refractivity contribution in [3.8, 4) is 0 Å². The minimum absolute atomic E-state index is 0.145. The number of rotatable bonds is 5. The lowest BCUT2D eigenvalue weighted by molar-refractivity contribution is 0.342. The fourth-order valence-electron chi connectivity index (χ4n) is 3.90. The van der Waals surface area contributed by atoms with Gasteiger partial charge in [0.15, 0.2) is 0 Å². The quantitative estimate of drug-likeness (QED) is 0.841. The van der Waals surface area contributed by atoms with Gasteiger partial charge in [0.05, 0.1) is 5.69 Å². The summed E-state index contributed by atoms with van der Waals surface area (Å²) < 4.78 is 13.6. The standard InChI is InChI=1S/C20H22FN3/c21-17-5-6-19-16(13-17)12-15(7-11-24-9-1-2-10-24)20(19)14-18-4-3-8-22-23-18/h3-6,8,13H,1-2,7,9-12,14H2. The first-order chi connectivity index (χ1) is 11.8. The Hall–Kier alpha value is -2.07.